The third-order valence-electron chi connectivity index (χ3n) is 4.17. The second kappa shape index (κ2) is 7.33. The van der Waals surface area contributed by atoms with Crippen LogP contribution in [0, 0.1) is 0 Å². The largest absolute Gasteiger partial charge is 0.481 e. The van der Waals surface area contributed by atoms with Crippen LogP contribution >= 0.6 is 11.8 Å². The van der Waals surface area contributed by atoms with Gasteiger partial charge < -0.3 is 14.5 Å². The SMILES string of the molecule is O=C(O)CC1CSCCN1C(=O)CCCc1nc(C2CC2)no1. The van der Waals surface area contributed by atoms with Crippen LogP contribution in [-0.2, 0) is 16.0 Å². The zero-order valence-electron chi connectivity index (χ0n) is 12.9. The number of rotatable bonds is 7. The third-order valence-corrected chi connectivity index (χ3v) is 5.26. The number of thioether (sulfide) groups is 1. The highest BCUT2D eigenvalue weighted by atomic mass is 32.2. The average Bonchev–Trinajstić information content (AvgIpc) is 3.27. The molecule has 1 aromatic heterocycles. The van der Waals surface area contributed by atoms with Gasteiger partial charge in [0.25, 0.3) is 0 Å². The van der Waals surface area contributed by atoms with Gasteiger partial charge in [-0.1, -0.05) is 5.16 Å². The number of nitrogens with zero attached hydrogens (tertiary/aromatic N) is 3. The van der Waals surface area contributed by atoms with Gasteiger partial charge >= 0.3 is 5.97 Å². The van der Waals surface area contributed by atoms with Crippen LogP contribution in [0.1, 0.15) is 49.7 Å². The molecule has 7 nitrogen and oxygen atoms in total. The predicted molar refractivity (Wildman–Crippen MR) is 84.3 cm³/mol. The standard InChI is InChI=1S/C15H21N3O4S/c19-13(18-6-7-23-9-11(18)8-14(20)21)3-1-2-12-16-15(17-22-12)10-4-5-10/h10-11H,1-9H2,(H,20,21). The van der Waals surface area contributed by atoms with Crippen molar-refractivity contribution in [3.8, 4) is 0 Å². The molecule has 3 rings (SSSR count). The second-order valence-corrected chi connectivity index (χ2v) is 7.24. The Kier molecular flexibility index (Phi) is 5.20. The number of aryl methyl sites for hydroxylation is 1. The van der Waals surface area contributed by atoms with Gasteiger partial charge in [-0.3, -0.25) is 9.59 Å². The van der Waals surface area contributed by atoms with Crippen molar-refractivity contribution in [1.29, 1.82) is 0 Å². The first-order valence-electron chi connectivity index (χ1n) is 8.05. The van der Waals surface area contributed by atoms with Crippen LogP contribution in [0.15, 0.2) is 4.52 Å². The first-order chi connectivity index (χ1) is 11.1. The fourth-order valence-electron chi connectivity index (χ4n) is 2.77. The van der Waals surface area contributed by atoms with E-state index in [0.717, 1.165) is 24.4 Å². The molecule has 1 atom stereocenters. The molecule has 0 bridgehead atoms. The number of hydrogen-bond donors (Lipinski definition) is 1. The Bertz CT molecular complexity index is 573. The summed E-state index contributed by atoms with van der Waals surface area (Å²) in [5, 5.41) is 12.9. The summed E-state index contributed by atoms with van der Waals surface area (Å²) in [4.78, 5) is 29.4. The lowest BCUT2D eigenvalue weighted by Crippen LogP contribution is -2.47. The van der Waals surface area contributed by atoms with Crippen molar-refractivity contribution in [2.45, 2.75) is 50.5 Å². The number of aliphatic carboxylic acids is 1. The average molecular weight is 339 g/mol. The monoisotopic (exact) mass is 339 g/mol. The molecule has 1 aliphatic carbocycles. The molecule has 1 saturated heterocycles. The molecular formula is C15H21N3O4S. The molecular weight excluding hydrogens is 318 g/mol. The first-order valence-corrected chi connectivity index (χ1v) is 9.20. The summed E-state index contributed by atoms with van der Waals surface area (Å²) in [7, 11) is 0. The van der Waals surface area contributed by atoms with Crippen LogP contribution in [0.3, 0.4) is 0 Å². The minimum Gasteiger partial charge on any atom is -0.481 e. The Balaban J connectivity index is 1.46. The van der Waals surface area contributed by atoms with Crippen molar-refractivity contribution >= 4 is 23.6 Å². The number of carboxylic acids is 1. The summed E-state index contributed by atoms with van der Waals surface area (Å²) in [5.74, 6) is 2.60. The molecule has 0 radical (unpaired) electrons. The molecule has 1 unspecified atom stereocenters. The van der Waals surface area contributed by atoms with Gasteiger partial charge in [0.1, 0.15) is 0 Å². The fraction of sp³-hybridized carbons (Fsp3) is 0.733. The lowest BCUT2D eigenvalue weighted by molar-refractivity contribution is -0.140. The van der Waals surface area contributed by atoms with E-state index >= 15 is 0 Å². The Morgan fingerprint density at radius 2 is 2.22 bits per heavy atom. The highest BCUT2D eigenvalue weighted by molar-refractivity contribution is 7.99. The third kappa shape index (κ3) is 4.46. The van der Waals surface area contributed by atoms with Crippen molar-refractivity contribution < 1.29 is 19.2 Å². The van der Waals surface area contributed by atoms with Gasteiger partial charge in [0.2, 0.25) is 11.8 Å². The van der Waals surface area contributed by atoms with E-state index in [1.54, 1.807) is 16.7 Å². The molecule has 8 heteroatoms. The van der Waals surface area contributed by atoms with Gasteiger partial charge in [-0.25, -0.2) is 0 Å². The van der Waals surface area contributed by atoms with Gasteiger partial charge in [0, 0.05) is 36.8 Å². The van der Waals surface area contributed by atoms with Crippen LogP contribution in [-0.4, -0.2) is 56.1 Å². The number of aromatic nitrogens is 2. The normalized spacial score (nSPS) is 21.4. The molecule has 2 aliphatic rings. The van der Waals surface area contributed by atoms with E-state index in [2.05, 4.69) is 10.1 Å². The lowest BCUT2D eigenvalue weighted by Gasteiger charge is -2.34. The van der Waals surface area contributed by atoms with Crippen LogP contribution in [0.4, 0.5) is 0 Å². The summed E-state index contributed by atoms with van der Waals surface area (Å²) < 4.78 is 5.20. The number of carboxylic acid groups (broad SMARTS) is 1. The summed E-state index contributed by atoms with van der Waals surface area (Å²) in [6, 6.07) is -0.191. The number of carbonyl (C=O) groups is 2. The van der Waals surface area contributed by atoms with E-state index in [-0.39, 0.29) is 18.4 Å². The lowest BCUT2D eigenvalue weighted by atomic mass is 10.1. The minimum absolute atomic E-state index is 0.0210. The predicted octanol–water partition coefficient (Wildman–Crippen LogP) is 1.69. The minimum atomic E-state index is -0.853. The number of amides is 1. The molecule has 0 spiro atoms. The van der Waals surface area contributed by atoms with Gasteiger partial charge in [-0.15, -0.1) is 0 Å². The quantitative estimate of drug-likeness (QED) is 0.807. The Hall–Kier alpha value is -1.57. The molecule has 2 fully saturated rings. The van der Waals surface area contributed by atoms with E-state index in [4.69, 9.17) is 9.63 Å². The van der Waals surface area contributed by atoms with E-state index in [9.17, 15) is 9.59 Å². The van der Waals surface area contributed by atoms with Crippen molar-refractivity contribution in [3.05, 3.63) is 11.7 Å². The highest BCUT2D eigenvalue weighted by Gasteiger charge is 2.30. The number of carbonyl (C=O) groups excluding carboxylic acids is 1. The maximum Gasteiger partial charge on any atom is 0.305 e. The Morgan fingerprint density at radius 1 is 1.39 bits per heavy atom. The van der Waals surface area contributed by atoms with Crippen molar-refractivity contribution in [3.63, 3.8) is 0 Å². The maximum atomic E-state index is 12.4. The van der Waals surface area contributed by atoms with E-state index in [0.29, 0.717) is 43.4 Å². The molecule has 1 N–H and O–H groups in total. The zero-order valence-corrected chi connectivity index (χ0v) is 13.8. The van der Waals surface area contributed by atoms with E-state index in [1.807, 2.05) is 0 Å². The van der Waals surface area contributed by atoms with Gasteiger partial charge in [0.15, 0.2) is 5.82 Å². The van der Waals surface area contributed by atoms with Crippen LogP contribution in [0.2, 0.25) is 0 Å². The molecule has 23 heavy (non-hydrogen) atoms. The fourth-order valence-corrected chi connectivity index (χ4v) is 3.83. The first kappa shape index (κ1) is 16.3. The molecule has 126 valence electrons. The Morgan fingerprint density at radius 3 is 2.96 bits per heavy atom. The summed E-state index contributed by atoms with van der Waals surface area (Å²) >= 11 is 1.71. The van der Waals surface area contributed by atoms with Gasteiger partial charge in [0.05, 0.1) is 12.5 Å². The molecule has 2 heterocycles. The summed E-state index contributed by atoms with van der Waals surface area (Å²) in [6.45, 7) is 0.633. The molecule has 0 aromatic carbocycles. The van der Waals surface area contributed by atoms with Crippen LogP contribution in [0.25, 0.3) is 0 Å². The van der Waals surface area contributed by atoms with Gasteiger partial charge in [-0.05, 0) is 19.3 Å². The smallest absolute Gasteiger partial charge is 0.305 e. The maximum absolute atomic E-state index is 12.4. The highest BCUT2D eigenvalue weighted by Crippen LogP contribution is 2.38. The second-order valence-electron chi connectivity index (χ2n) is 6.09. The summed E-state index contributed by atoms with van der Waals surface area (Å²) in [6.07, 6.45) is 3.92. The zero-order chi connectivity index (χ0) is 16.2. The van der Waals surface area contributed by atoms with Crippen molar-refractivity contribution in [2.24, 2.45) is 0 Å². The van der Waals surface area contributed by atoms with Crippen molar-refractivity contribution in [1.82, 2.24) is 15.0 Å². The van der Waals surface area contributed by atoms with E-state index in [1.165, 1.54) is 0 Å². The number of hydrogen-bond acceptors (Lipinski definition) is 6. The van der Waals surface area contributed by atoms with Crippen LogP contribution < -0.4 is 0 Å². The molecule has 1 amide bonds. The van der Waals surface area contributed by atoms with E-state index < -0.39 is 5.97 Å². The summed E-state index contributed by atoms with van der Waals surface area (Å²) in [5.41, 5.74) is 0. The molecule has 1 aliphatic heterocycles. The molecule has 1 saturated carbocycles. The van der Waals surface area contributed by atoms with Crippen LogP contribution in [0.5, 0.6) is 0 Å². The Labute approximate surface area is 138 Å². The molecule has 1 aromatic rings. The van der Waals surface area contributed by atoms with Crippen molar-refractivity contribution in [2.75, 3.05) is 18.1 Å². The van der Waals surface area contributed by atoms with Gasteiger partial charge in [-0.2, -0.15) is 16.7 Å². The topological polar surface area (TPSA) is 96.5 Å².